The highest BCUT2D eigenvalue weighted by molar-refractivity contribution is 7.89. The van der Waals surface area contributed by atoms with Gasteiger partial charge >= 0.3 is 0 Å². The molecule has 1 N–H and O–H groups in total. The second kappa shape index (κ2) is 7.31. The van der Waals surface area contributed by atoms with E-state index in [0.29, 0.717) is 19.5 Å². The van der Waals surface area contributed by atoms with E-state index in [1.807, 2.05) is 6.92 Å². The fourth-order valence-corrected chi connectivity index (χ4v) is 3.57. The van der Waals surface area contributed by atoms with Gasteiger partial charge in [0.2, 0.25) is 10.0 Å². The van der Waals surface area contributed by atoms with Crippen LogP contribution < -0.4 is 5.32 Å². The van der Waals surface area contributed by atoms with Crippen LogP contribution in [0.2, 0.25) is 0 Å². The normalized spacial score (nSPS) is 19.6. The Morgan fingerprint density at radius 1 is 1.35 bits per heavy atom. The summed E-state index contributed by atoms with van der Waals surface area (Å²) in [5.41, 5.74) is 0. The zero-order chi connectivity index (χ0) is 12.7. The molecule has 1 fully saturated rings. The van der Waals surface area contributed by atoms with Gasteiger partial charge in [0.05, 0.1) is 11.9 Å². The predicted molar refractivity (Wildman–Crippen MR) is 68.6 cm³/mol. The number of nitrogens with zero attached hydrogens (tertiary/aromatic N) is 1. The Hall–Kier alpha value is -0.170. The SMILES string of the molecule is CCNCCCS(=O)(=O)N1CCC(OC)CC1. The maximum atomic E-state index is 12.0. The lowest BCUT2D eigenvalue weighted by Gasteiger charge is -2.30. The Bertz CT molecular complexity index is 298. The van der Waals surface area contributed by atoms with Crippen LogP contribution in [0.25, 0.3) is 0 Å². The molecule has 1 heterocycles. The van der Waals surface area contributed by atoms with Gasteiger partial charge in [0.15, 0.2) is 0 Å². The van der Waals surface area contributed by atoms with Crippen LogP contribution in [-0.2, 0) is 14.8 Å². The van der Waals surface area contributed by atoms with Crippen LogP contribution in [0, 0.1) is 0 Å². The van der Waals surface area contributed by atoms with Gasteiger partial charge in [-0.15, -0.1) is 0 Å². The van der Waals surface area contributed by atoms with E-state index in [-0.39, 0.29) is 11.9 Å². The van der Waals surface area contributed by atoms with Crippen molar-refractivity contribution < 1.29 is 13.2 Å². The maximum absolute atomic E-state index is 12.0. The van der Waals surface area contributed by atoms with Gasteiger partial charge in [-0.2, -0.15) is 0 Å². The lowest BCUT2D eigenvalue weighted by molar-refractivity contribution is 0.0604. The number of rotatable bonds is 7. The molecule has 0 bridgehead atoms. The molecule has 1 rings (SSSR count). The largest absolute Gasteiger partial charge is 0.381 e. The van der Waals surface area contributed by atoms with Crippen molar-refractivity contribution in [1.82, 2.24) is 9.62 Å². The smallest absolute Gasteiger partial charge is 0.214 e. The highest BCUT2D eigenvalue weighted by Gasteiger charge is 2.27. The standard InChI is InChI=1S/C11H24N2O3S/c1-3-12-7-4-10-17(14,15)13-8-5-11(16-2)6-9-13/h11-12H,3-10H2,1-2H3. The van der Waals surface area contributed by atoms with E-state index >= 15 is 0 Å². The van der Waals surface area contributed by atoms with E-state index in [1.54, 1.807) is 11.4 Å². The molecule has 0 aromatic heterocycles. The fourth-order valence-electron chi connectivity index (χ4n) is 2.03. The Labute approximate surface area is 105 Å². The molecule has 5 nitrogen and oxygen atoms in total. The number of ether oxygens (including phenoxy) is 1. The summed E-state index contributed by atoms with van der Waals surface area (Å²) >= 11 is 0. The molecule has 0 aliphatic carbocycles. The van der Waals surface area contributed by atoms with E-state index in [2.05, 4.69) is 5.32 Å². The van der Waals surface area contributed by atoms with Gasteiger partial charge < -0.3 is 10.1 Å². The summed E-state index contributed by atoms with van der Waals surface area (Å²) < 4.78 is 30.8. The summed E-state index contributed by atoms with van der Waals surface area (Å²) in [5.74, 6) is 0.248. The Kier molecular flexibility index (Phi) is 6.40. The molecule has 0 aromatic carbocycles. The van der Waals surface area contributed by atoms with Crippen LogP contribution in [-0.4, -0.2) is 57.9 Å². The van der Waals surface area contributed by atoms with Crippen molar-refractivity contribution in [3.05, 3.63) is 0 Å². The third kappa shape index (κ3) is 4.91. The second-order valence-corrected chi connectivity index (χ2v) is 6.45. The topological polar surface area (TPSA) is 58.6 Å². The zero-order valence-electron chi connectivity index (χ0n) is 10.8. The predicted octanol–water partition coefficient (Wildman–Crippen LogP) is 0.427. The summed E-state index contributed by atoms with van der Waals surface area (Å²) in [4.78, 5) is 0. The summed E-state index contributed by atoms with van der Waals surface area (Å²) in [6.07, 6.45) is 2.52. The van der Waals surface area contributed by atoms with E-state index in [0.717, 1.165) is 25.9 Å². The van der Waals surface area contributed by atoms with Crippen LogP contribution in [0.5, 0.6) is 0 Å². The second-order valence-electron chi connectivity index (χ2n) is 4.36. The molecule has 102 valence electrons. The quantitative estimate of drug-likeness (QED) is 0.677. The molecule has 1 aliphatic heterocycles. The first-order valence-electron chi connectivity index (χ1n) is 6.31. The lowest BCUT2D eigenvalue weighted by Crippen LogP contribution is -2.42. The summed E-state index contributed by atoms with van der Waals surface area (Å²) in [6.45, 7) is 4.87. The Morgan fingerprint density at radius 3 is 2.53 bits per heavy atom. The van der Waals surface area contributed by atoms with Gasteiger partial charge in [-0.05, 0) is 32.4 Å². The summed E-state index contributed by atoms with van der Waals surface area (Å²) in [7, 11) is -1.37. The molecule has 17 heavy (non-hydrogen) atoms. The first-order valence-corrected chi connectivity index (χ1v) is 7.92. The first kappa shape index (κ1) is 14.9. The zero-order valence-corrected chi connectivity index (χ0v) is 11.6. The van der Waals surface area contributed by atoms with E-state index in [9.17, 15) is 8.42 Å². The summed E-state index contributed by atoms with van der Waals surface area (Å²) in [5, 5.41) is 3.14. The van der Waals surface area contributed by atoms with Crippen LogP contribution in [0.4, 0.5) is 0 Å². The van der Waals surface area contributed by atoms with Gasteiger partial charge in [0, 0.05) is 20.2 Å². The first-order chi connectivity index (χ1) is 8.10. The maximum Gasteiger partial charge on any atom is 0.214 e. The van der Waals surface area contributed by atoms with Gasteiger partial charge in [-0.25, -0.2) is 12.7 Å². The van der Waals surface area contributed by atoms with Gasteiger partial charge in [0.25, 0.3) is 0 Å². The van der Waals surface area contributed by atoms with Crippen molar-refractivity contribution in [3.8, 4) is 0 Å². The molecule has 0 aromatic rings. The molecule has 1 aliphatic rings. The van der Waals surface area contributed by atoms with E-state index < -0.39 is 10.0 Å². The average molecular weight is 264 g/mol. The lowest BCUT2D eigenvalue weighted by atomic mass is 10.1. The van der Waals surface area contributed by atoms with Crippen LogP contribution >= 0.6 is 0 Å². The van der Waals surface area contributed by atoms with Crippen molar-refractivity contribution in [2.24, 2.45) is 0 Å². The monoisotopic (exact) mass is 264 g/mol. The highest BCUT2D eigenvalue weighted by Crippen LogP contribution is 2.16. The number of nitrogens with one attached hydrogen (secondary N) is 1. The molecular weight excluding hydrogens is 240 g/mol. The van der Waals surface area contributed by atoms with Crippen LogP contribution in [0.1, 0.15) is 26.2 Å². The van der Waals surface area contributed by atoms with Gasteiger partial charge in [0.1, 0.15) is 0 Å². The third-order valence-electron chi connectivity index (χ3n) is 3.13. The minimum absolute atomic E-state index is 0.225. The molecule has 0 spiro atoms. The number of piperidine rings is 1. The van der Waals surface area contributed by atoms with E-state index in [1.165, 1.54) is 0 Å². The molecular formula is C11H24N2O3S. The molecule has 0 unspecified atom stereocenters. The molecule has 0 radical (unpaired) electrons. The molecule has 0 saturated carbocycles. The van der Waals surface area contributed by atoms with Gasteiger partial charge in [-0.3, -0.25) is 0 Å². The average Bonchev–Trinajstić information content (AvgIpc) is 2.35. The molecule has 1 saturated heterocycles. The minimum Gasteiger partial charge on any atom is -0.381 e. The number of hydrogen-bond acceptors (Lipinski definition) is 4. The number of sulfonamides is 1. The minimum atomic E-state index is -3.06. The van der Waals surface area contributed by atoms with Crippen molar-refractivity contribution in [1.29, 1.82) is 0 Å². The van der Waals surface area contributed by atoms with Crippen molar-refractivity contribution >= 4 is 10.0 Å². The summed E-state index contributed by atoms with van der Waals surface area (Å²) in [6, 6.07) is 0. The fraction of sp³-hybridized carbons (Fsp3) is 1.00. The third-order valence-corrected chi connectivity index (χ3v) is 5.09. The number of methoxy groups -OCH3 is 1. The Balaban J connectivity index is 2.33. The highest BCUT2D eigenvalue weighted by atomic mass is 32.2. The van der Waals surface area contributed by atoms with E-state index in [4.69, 9.17) is 4.74 Å². The molecule has 0 atom stereocenters. The molecule has 0 amide bonds. The van der Waals surface area contributed by atoms with Crippen molar-refractivity contribution in [3.63, 3.8) is 0 Å². The van der Waals surface area contributed by atoms with Crippen LogP contribution in [0.3, 0.4) is 0 Å². The van der Waals surface area contributed by atoms with Crippen molar-refractivity contribution in [2.45, 2.75) is 32.3 Å². The van der Waals surface area contributed by atoms with Crippen LogP contribution in [0.15, 0.2) is 0 Å². The van der Waals surface area contributed by atoms with Crippen molar-refractivity contribution in [2.75, 3.05) is 39.0 Å². The Morgan fingerprint density at radius 2 is 2.00 bits per heavy atom. The number of hydrogen-bond donors (Lipinski definition) is 1. The van der Waals surface area contributed by atoms with Gasteiger partial charge in [-0.1, -0.05) is 6.92 Å². The molecule has 6 heteroatoms.